The number of rotatable bonds is 4. The Kier molecular flexibility index (Phi) is 3.64. The number of nitrogens with one attached hydrogen (secondary N) is 1. The smallest absolute Gasteiger partial charge is 0.323 e. The third kappa shape index (κ3) is 3.23. The van der Waals surface area contributed by atoms with E-state index in [-0.39, 0.29) is 6.03 Å². The molecule has 2 amide bonds. The largest absolute Gasteiger partial charge is 0.381 e. The SMILES string of the molecule is O=C(Nc1ccccn1)N(C[C@@H]1CCOC1)C1CC1. The van der Waals surface area contributed by atoms with Gasteiger partial charge in [0, 0.05) is 31.3 Å². The molecule has 1 aliphatic carbocycles. The molecule has 1 aromatic heterocycles. The number of carbonyl (C=O) groups excluding carboxylic acids is 1. The number of amides is 2. The average Bonchev–Trinajstić information content (AvgIpc) is 3.14. The van der Waals surface area contributed by atoms with Crippen molar-refractivity contribution in [2.24, 2.45) is 5.92 Å². The topological polar surface area (TPSA) is 54.5 Å². The van der Waals surface area contributed by atoms with E-state index in [9.17, 15) is 4.79 Å². The minimum absolute atomic E-state index is 0.0342. The second-order valence-corrected chi connectivity index (χ2v) is 5.26. The van der Waals surface area contributed by atoms with Gasteiger partial charge in [-0.25, -0.2) is 9.78 Å². The molecule has 0 unspecified atom stereocenters. The van der Waals surface area contributed by atoms with Gasteiger partial charge in [0.05, 0.1) is 6.61 Å². The van der Waals surface area contributed by atoms with Gasteiger partial charge in [0.25, 0.3) is 0 Å². The Morgan fingerprint density at radius 1 is 1.42 bits per heavy atom. The Labute approximate surface area is 113 Å². The lowest BCUT2D eigenvalue weighted by atomic mass is 10.1. The molecule has 1 saturated heterocycles. The molecule has 2 fully saturated rings. The molecule has 19 heavy (non-hydrogen) atoms. The van der Waals surface area contributed by atoms with Gasteiger partial charge in [-0.1, -0.05) is 6.07 Å². The van der Waals surface area contributed by atoms with Crippen LogP contribution in [0.4, 0.5) is 10.6 Å². The zero-order chi connectivity index (χ0) is 13.1. The van der Waals surface area contributed by atoms with E-state index in [4.69, 9.17) is 4.74 Å². The Morgan fingerprint density at radius 2 is 2.32 bits per heavy atom. The summed E-state index contributed by atoms with van der Waals surface area (Å²) in [6, 6.07) is 5.89. The molecule has 5 heteroatoms. The summed E-state index contributed by atoms with van der Waals surface area (Å²) in [5.41, 5.74) is 0. The number of aromatic nitrogens is 1. The molecule has 0 aromatic carbocycles. The van der Waals surface area contributed by atoms with E-state index >= 15 is 0 Å². The zero-order valence-corrected chi connectivity index (χ0v) is 10.9. The van der Waals surface area contributed by atoms with Crippen LogP contribution in [0.25, 0.3) is 0 Å². The van der Waals surface area contributed by atoms with Crippen molar-refractivity contribution < 1.29 is 9.53 Å². The lowest BCUT2D eigenvalue weighted by Crippen LogP contribution is -2.40. The average molecular weight is 261 g/mol. The first kappa shape index (κ1) is 12.4. The summed E-state index contributed by atoms with van der Waals surface area (Å²) in [6.45, 7) is 2.40. The van der Waals surface area contributed by atoms with Crippen LogP contribution in [0.15, 0.2) is 24.4 Å². The van der Waals surface area contributed by atoms with E-state index < -0.39 is 0 Å². The highest BCUT2D eigenvalue weighted by molar-refractivity contribution is 5.88. The third-order valence-electron chi connectivity index (χ3n) is 3.63. The summed E-state index contributed by atoms with van der Waals surface area (Å²) in [5, 5.41) is 2.87. The number of hydrogen-bond acceptors (Lipinski definition) is 3. The van der Waals surface area contributed by atoms with Crippen LogP contribution < -0.4 is 5.32 Å². The van der Waals surface area contributed by atoms with Crippen molar-refractivity contribution in [3.05, 3.63) is 24.4 Å². The summed E-state index contributed by atoms with van der Waals surface area (Å²) in [7, 11) is 0. The van der Waals surface area contributed by atoms with Gasteiger partial charge >= 0.3 is 6.03 Å². The number of urea groups is 1. The number of carbonyl (C=O) groups is 1. The Balaban J connectivity index is 1.61. The zero-order valence-electron chi connectivity index (χ0n) is 10.9. The van der Waals surface area contributed by atoms with E-state index in [1.165, 1.54) is 0 Å². The lowest BCUT2D eigenvalue weighted by molar-refractivity contribution is 0.167. The molecule has 1 N–H and O–H groups in total. The molecule has 2 aliphatic rings. The van der Waals surface area contributed by atoms with E-state index in [0.29, 0.717) is 17.8 Å². The molecule has 1 aromatic rings. The molecular formula is C14H19N3O2. The quantitative estimate of drug-likeness (QED) is 0.903. The van der Waals surface area contributed by atoms with Crippen LogP contribution in [0.2, 0.25) is 0 Å². The predicted molar refractivity (Wildman–Crippen MR) is 71.9 cm³/mol. The molecule has 1 saturated carbocycles. The minimum atomic E-state index is -0.0342. The van der Waals surface area contributed by atoms with Gasteiger partial charge in [0.15, 0.2) is 0 Å². The van der Waals surface area contributed by atoms with Gasteiger partial charge in [-0.05, 0) is 31.4 Å². The van der Waals surface area contributed by atoms with Crippen LogP contribution in [-0.4, -0.2) is 41.7 Å². The fraction of sp³-hybridized carbons (Fsp3) is 0.571. The van der Waals surface area contributed by atoms with Crippen LogP contribution in [0, 0.1) is 5.92 Å². The first-order valence-electron chi connectivity index (χ1n) is 6.89. The third-order valence-corrected chi connectivity index (χ3v) is 3.63. The van der Waals surface area contributed by atoms with Gasteiger partial charge in [0.1, 0.15) is 5.82 Å². The maximum Gasteiger partial charge on any atom is 0.323 e. The van der Waals surface area contributed by atoms with Crippen molar-refractivity contribution in [2.45, 2.75) is 25.3 Å². The molecule has 2 heterocycles. The summed E-state index contributed by atoms with van der Waals surface area (Å²) < 4.78 is 5.39. The molecular weight excluding hydrogens is 242 g/mol. The Bertz CT molecular complexity index is 428. The monoisotopic (exact) mass is 261 g/mol. The van der Waals surface area contributed by atoms with E-state index in [1.54, 1.807) is 6.20 Å². The molecule has 0 bridgehead atoms. The first-order valence-corrected chi connectivity index (χ1v) is 6.89. The minimum Gasteiger partial charge on any atom is -0.381 e. The van der Waals surface area contributed by atoms with Crippen LogP contribution >= 0.6 is 0 Å². The molecule has 1 aliphatic heterocycles. The van der Waals surface area contributed by atoms with Crippen LogP contribution in [-0.2, 0) is 4.74 Å². The molecule has 5 nitrogen and oxygen atoms in total. The van der Waals surface area contributed by atoms with Crippen LogP contribution in [0.3, 0.4) is 0 Å². The number of anilines is 1. The van der Waals surface area contributed by atoms with Crippen molar-refractivity contribution in [2.75, 3.05) is 25.1 Å². The van der Waals surface area contributed by atoms with Gasteiger partial charge in [0.2, 0.25) is 0 Å². The lowest BCUT2D eigenvalue weighted by Gasteiger charge is -2.25. The summed E-state index contributed by atoms with van der Waals surface area (Å²) >= 11 is 0. The fourth-order valence-corrected chi connectivity index (χ4v) is 2.41. The van der Waals surface area contributed by atoms with Gasteiger partial charge in [-0.2, -0.15) is 0 Å². The highest BCUT2D eigenvalue weighted by atomic mass is 16.5. The summed E-state index contributed by atoms with van der Waals surface area (Å²) in [5.74, 6) is 1.09. The summed E-state index contributed by atoms with van der Waals surface area (Å²) in [4.78, 5) is 18.4. The number of hydrogen-bond donors (Lipinski definition) is 1. The Morgan fingerprint density at radius 3 is 2.95 bits per heavy atom. The van der Waals surface area contributed by atoms with Gasteiger partial charge < -0.3 is 9.64 Å². The fourth-order valence-electron chi connectivity index (χ4n) is 2.41. The highest BCUT2D eigenvalue weighted by Gasteiger charge is 2.34. The number of nitrogens with zero attached hydrogens (tertiary/aromatic N) is 2. The predicted octanol–water partition coefficient (Wildman–Crippen LogP) is 2.11. The first-order chi connectivity index (χ1) is 9.33. The number of pyridine rings is 1. The van der Waals surface area contributed by atoms with Crippen molar-refractivity contribution in [1.82, 2.24) is 9.88 Å². The van der Waals surface area contributed by atoms with Crippen molar-refractivity contribution >= 4 is 11.8 Å². The molecule has 3 rings (SSSR count). The normalized spacial score (nSPS) is 22.2. The van der Waals surface area contributed by atoms with Crippen LogP contribution in [0.1, 0.15) is 19.3 Å². The second kappa shape index (κ2) is 5.57. The summed E-state index contributed by atoms with van der Waals surface area (Å²) in [6.07, 6.45) is 4.97. The van der Waals surface area contributed by atoms with E-state index in [1.807, 2.05) is 23.1 Å². The van der Waals surface area contributed by atoms with Gasteiger partial charge in [-0.15, -0.1) is 0 Å². The maximum absolute atomic E-state index is 12.3. The molecule has 0 spiro atoms. The van der Waals surface area contributed by atoms with Crippen LogP contribution in [0.5, 0.6) is 0 Å². The van der Waals surface area contributed by atoms with Crippen molar-refractivity contribution in [3.63, 3.8) is 0 Å². The number of ether oxygens (including phenoxy) is 1. The van der Waals surface area contributed by atoms with E-state index in [2.05, 4.69) is 10.3 Å². The van der Waals surface area contributed by atoms with Crippen molar-refractivity contribution in [1.29, 1.82) is 0 Å². The van der Waals surface area contributed by atoms with Gasteiger partial charge in [-0.3, -0.25) is 5.32 Å². The standard InChI is InChI=1S/C14H19N3O2/c18-14(16-13-3-1-2-7-15-13)17(12-4-5-12)9-11-6-8-19-10-11/h1-3,7,11-12H,4-6,8-10H2,(H,15,16,18)/t11-/m0/s1. The second-order valence-electron chi connectivity index (χ2n) is 5.26. The molecule has 1 atom stereocenters. The Hall–Kier alpha value is -1.62. The van der Waals surface area contributed by atoms with E-state index in [0.717, 1.165) is 39.0 Å². The highest BCUT2D eigenvalue weighted by Crippen LogP contribution is 2.29. The maximum atomic E-state index is 12.3. The molecule has 102 valence electrons. The molecule has 0 radical (unpaired) electrons. The van der Waals surface area contributed by atoms with Crippen molar-refractivity contribution in [3.8, 4) is 0 Å².